The molecule has 0 saturated carbocycles. The van der Waals surface area contributed by atoms with Gasteiger partial charge >= 0.3 is 0 Å². The highest BCUT2D eigenvalue weighted by atomic mass is 16.1. The van der Waals surface area contributed by atoms with Crippen molar-refractivity contribution in [3.63, 3.8) is 0 Å². The van der Waals surface area contributed by atoms with Crippen LogP contribution < -0.4 is 10.6 Å². The Hall–Kier alpha value is -1.42. The van der Waals surface area contributed by atoms with Gasteiger partial charge in [-0.2, -0.15) is 0 Å². The maximum Gasteiger partial charge on any atom is 0.221 e. The van der Waals surface area contributed by atoms with Crippen LogP contribution in [-0.2, 0) is 11.3 Å². The van der Waals surface area contributed by atoms with Crippen molar-refractivity contribution in [3.05, 3.63) is 30.1 Å². The van der Waals surface area contributed by atoms with E-state index in [-0.39, 0.29) is 11.3 Å². The fourth-order valence-electron chi connectivity index (χ4n) is 1.46. The van der Waals surface area contributed by atoms with Gasteiger partial charge < -0.3 is 10.6 Å². The molecule has 0 unspecified atom stereocenters. The Labute approximate surface area is 109 Å². The summed E-state index contributed by atoms with van der Waals surface area (Å²) in [5, 5.41) is 6.16. The summed E-state index contributed by atoms with van der Waals surface area (Å²) in [5.74, 6) is 0.0697. The van der Waals surface area contributed by atoms with Crippen molar-refractivity contribution in [1.29, 1.82) is 0 Å². The van der Waals surface area contributed by atoms with Crippen LogP contribution in [0.4, 0.5) is 0 Å². The van der Waals surface area contributed by atoms with Gasteiger partial charge in [-0.1, -0.05) is 26.8 Å². The van der Waals surface area contributed by atoms with E-state index in [1.165, 1.54) is 0 Å². The second-order valence-electron chi connectivity index (χ2n) is 5.63. The van der Waals surface area contributed by atoms with Crippen molar-refractivity contribution < 1.29 is 4.79 Å². The molecule has 100 valence electrons. The lowest BCUT2D eigenvalue weighted by molar-refractivity contribution is -0.121. The largest absolute Gasteiger partial charge is 0.352 e. The van der Waals surface area contributed by atoms with Gasteiger partial charge in [-0.05, 0) is 17.0 Å². The van der Waals surface area contributed by atoms with E-state index in [1.54, 1.807) is 12.4 Å². The number of rotatable bonds is 6. The van der Waals surface area contributed by atoms with Crippen molar-refractivity contribution in [2.45, 2.75) is 33.7 Å². The number of nitrogens with one attached hydrogen (secondary N) is 2. The normalized spacial score (nSPS) is 11.3. The third kappa shape index (κ3) is 7.01. The van der Waals surface area contributed by atoms with Crippen molar-refractivity contribution in [2.24, 2.45) is 5.41 Å². The zero-order valence-corrected chi connectivity index (χ0v) is 11.5. The van der Waals surface area contributed by atoms with E-state index in [4.69, 9.17) is 0 Å². The molecule has 0 saturated heterocycles. The molecular formula is C14H23N3O. The minimum Gasteiger partial charge on any atom is -0.352 e. The van der Waals surface area contributed by atoms with E-state index >= 15 is 0 Å². The van der Waals surface area contributed by atoms with E-state index < -0.39 is 0 Å². The van der Waals surface area contributed by atoms with Gasteiger partial charge in [0.1, 0.15) is 0 Å². The summed E-state index contributed by atoms with van der Waals surface area (Å²) >= 11 is 0. The van der Waals surface area contributed by atoms with Crippen molar-refractivity contribution in [3.8, 4) is 0 Å². The van der Waals surface area contributed by atoms with Crippen LogP contribution in [-0.4, -0.2) is 24.0 Å². The fourth-order valence-corrected chi connectivity index (χ4v) is 1.46. The summed E-state index contributed by atoms with van der Waals surface area (Å²) < 4.78 is 0. The quantitative estimate of drug-likeness (QED) is 0.755. The van der Waals surface area contributed by atoms with Crippen molar-refractivity contribution in [2.75, 3.05) is 13.1 Å². The van der Waals surface area contributed by atoms with E-state index in [9.17, 15) is 4.79 Å². The number of carbonyl (C=O) groups is 1. The Kier molecular flexibility index (Phi) is 5.78. The number of hydrogen-bond acceptors (Lipinski definition) is 3. The predicted molar refractivity (Wildman–Crippen MR) is 73.0 cm³/mol. The Morgan fingerprint density at radius 2 is 2.17 bits per heavy atom. The molecule has 0 atom stereocenters. The first-order valence-corrected chi connectivity index (χ1v) is 6.34. The molecule has 0 bridgehead atoms. The van der Waals surface area contributed by atoms with Gasteiger partial charge in [0.05, 0.1) is 0 Å². The third-order valence-electron chi connectivity index (χ3n) is 2.40. The summed E-state index contributed by atoms with van der Waals surface area (Å²) in [7, 11) is 0. The van der Waals surface area contributed by atoms with Gasteiger partial charge in [-0.15, -0.1) is 0 Å². The molecule has 0 aliphatic heterocycles. The molecule has 2 N–H and O–H groups in total. The lowest BCUT2D eigenvalue weighted by atomic mass is 9.97. The average molecular weight is 249 g/mol. The molecule has 1 heterocycles. The number of hydrogen-bond donors (Lipinski definition) is 2. The Balaban J connectivity index is 2.11. The lowest BCUT2D eigenvalue weighted by Gasteiger charge is -2.18. The van der Waals surface area contributed by atoms with Crippen LogP contribution >= 0.6 is 0 Å². The molecule has 18 heavy (non-hydrogen) atoms. The highest BCUT2D eigenvalue weighted by Crippen LogP contribution is 2.09. The topological polar surface area (TPSA) is 54.0 Å². The Morgan fingerprint density at radius 3 is 2.78 bits per heavy atom. The first-order chi connectivity index (χ1) is 8.47. The molecule has 0 radical (unpaired) electrons. The van der Waals surface area contributed by atoms with Crippen LogP contribution in [0.15, 0.2) is 24.5 Å². The minimum atomic E-state index is 0.0697. The molecule has 1 aromatic heterocycles. The molecule has 1 rings (SSSR count). The number of aromatic nitrogens is 1. The molecule has 0 aromatic carbocycles. The fraction of sp³-hybridized carbons (Fsp3) is 0.571. The molecule has 1 amide bonds. The van der Waals surface area contributed by atoms with Crippen LogP contribution in [0.5, 0.6) is 0 Å². The monoisotopic (exact) mass is 249 g/mol. The summed E-state index contributed by atoms with van der Waals surface area (Å²) in [6, 6.07) is 3.82. The zero-order chi connectivity index (χ0) is 13.4. The van der Waals surface area contributed by atoms with Gasteiger partial charge in [0.25, 0.3) is 0 Å². The molecular weight excluding hydrogens is 226 g/mol. The van der Waals surface area contributed by atoms with Crippen LogP contribution in [0.1, 0.15) is 32.8 Å². The summed E-state index contributed by atoms with van der Waals surface area (Å²) in [6.07, 6.45) is 4.00. The average Bonchev–Trinajstić information content (AvgIpc) is 2.32. The van der Waals surface area contributed by atoms with Crippen LogP contribution in [0, 0.1) is 5.41 Å². The van der Waals surface area contributed by atoms with Crippen LogP contribution in [0.2, 0.25) is 0 Å². The lowest BCUT2D eigenvalue weighted by Crippen LogP contribution is -2.31. The summed E-state index contributed by atoms with van der Waals surface area (Å²) in [6.45, 7) is 8.69. The second-order valence-corrected chi connectivity index (χ2v) is 5.63. The minimum absolute atomic E-state index is 0.0697. The zero-order valence-electron chi connectivity index (χ0n) is 11.5. The predicted octanol–water partition coefficient (Wildman–Crippen LogP) is 1.72. The third-order valence-corrected chi connectivity index (χ3v) is 2.40. The number of pyridine rings is 1. The van der Waals surface area contributed by atoms with Crippen molar-refractivity contribution in [1.82, 2.24) is 15.6 Å². The van der Waals surface area contributed by atoms with Gasteiger partial charge in [-0.3, -0.25) is 9.78 Å². The van der Waals surface area contributed by atoms with E-state index in [0.29, 0.717) is 13.0 Å². The molecule has 0 aliphatic rings. The standard InChI is InChI=1S/C14H23N3O/c1-14(2,3)11-16-8-6-13(18)17-10-12-5-4-7-15-9-12/h4-5,7,9,16H,6,8,10-11H2,1-3H3,(H,17,18). The van der Waals surface area contributed by atoms with E-state index in [1.807, 2.05) is 12.1 Å². The molecule has 1 aromatic rings. The smallest absolute Gasteiger partial charge is 0.221 e. The number of amides is 1. The Morgan fingerprint density at radius 1 is 1.39 bits per heavy atom. The second kappa shape index (κ2) is 7.11. The first-order valence-electron chi connectivity index (χ1n) is 6.34. The van der Waals surface area contributed by atoms with Gasteiger partial charge in [0.15, 0.2) is 0 Å². The Bertz CT molecular complexity index is 357. The molecule has 4 nitrogen and oxygen atoms in total. The maximum atomic E-state index is 11.6. The molecule has 0 spiro atoms. The van der Waals surface area contributed by atoms with Crippen molar-refractivity contribution >= 4 is 5.91 Å². The van der Waals surface area contributed by atoms with E-state index in [0.717, 1.165) is 18.7 Å². The maximum absolute atomic E-state index is 11.6. The SMILES string of the molecule is CC(C)(C)CNCCC(=O)NCc1cccnc1. The number of carbonyl (C=O) groups excluding carboxylic acids is 1. The van der Waals surface area contributed by atoms with Crippen LogP contribution in [0.3, 0.4) is 0 Å². The summed E-state index contributed by atoms with van der Waals surface area (Å²) in [5.41, 5.74) is 1.28. The molecule has 0 fully saturated rings. The van der Waals surface area contributed by atoms with Gasteiger partial charge in [-0.25, -0.2) is 0 Å². The number of nitrogens with zero attached hydrogens (tertiary/aromatic N) is 1. The molecule has 0 aliphatic carbocycles. The van der Waals surface area contributed by atoms with Crippen LogP contribution in [0.25, 0.3) is 0 Å². The first kappa shape index (κ1) is 14.6. The van der Waals surface area contributed by atoms with Gasteiger partial charge in [0.2, 0.25) is 5.91 Å². The van der Waals surface area contributed by atoms with E-state index in [2.05, 4.69) is 36.4 Å². The highest BCUT2D eigenvalue weighted by Gasteiger charge is 2.09. The molecule has 4 heteroatoms. The van der Waals surface area contributed by atoms with Gasteiger partial charge in [0, 0.05) is 38.4 Å². The summed E-state index contributed by atoms with van der Waals surface area (Å²) in [4.78, 5) is 15.6. The highest BCUT2D eigenvalue weighted by molar-refractivity contribution is 5.76.